The van der Waals surface area contributed by atoms with Gasteiger partial charge in [0.1, 0.15) is 0 Å². The Morgan fingerprint density at radius 2 is 0.760 bits per heavy atom. The van der Waals surface area contributed by atoms with Gasteiger partial charge in [-0.25, -0.2) is 0 Å². The molecule has 0 saturated carbocycles. The number of quaternary nitrogens is 2. The second-order valence-electron chi connectivity index (χ2n) is 7.80. The SMILES string of the molecule is CCCCCCCCC.C[NH+]1CCCCC1.C[NH+]1CCCCC1.[OH-].[OH-]. The molecule has 0 amide bonds. The molecule has 0 aromatic heterocycles. The van der Waals surface area contributed by atoms with E-state index >= 15 is 0 Å². The van der Waals surface area contributed by atoms with Crippen LogP contribution in [0.25, 0.3) is 0 Å². The fraction of sp³-hybridized carbons (Fsp3) is 1.00. The Kier molecular flexibility index (Phi) is 28.2. The molecule has 0 atom stereocenters. The minimum atomic E-state index is 0. The number of piperidine rings is 2. The van der Waals surface area contributed by atoms with Gasteiger partial charge in [0.2, 0.25) is 0 Å². The van der Waals surface area contributed by atoms with E-state index in [2.05, 4.69) is 27.9 Å². The van der Waals surface area contributed by atoms with Crippen molar-refractivity contribution in [2.75, 3.05) is 40.3 Å². The predicted molar refractivity (Wildman–Crippen MR) is 108 cm³/mol. The highest BCUT2D eigenvalue weighted by Gasteiger charge is 2.06. The molecule has 0 aromatic carbocycles. The van der Waals surface area contributed by atoms with Crippen LogP contribution in [0.1, 0.15) is 97.3 Å². The molecule has 0 spiro atoms. The van der Waals surface area contributed by atoms with E-state index in [0.29, 0.717) is 0 Å². The van der Waals surface area contributed by atoms with E-state index in [4.69, 9.17) is 0 Å². The van der Waals surface area contributed by atoms with Gasteiger partial charge >= 0.3 is 0 Å². The van der Waals surface area contributed by atoms with Gasteiger partial charge in [-0.2, -0.15) is 0 Å². The van der Waals surface area contributed by atoms with E-state index in [1.165, 1.54) is 110 Å². The maximum atomic E-state index is 2.28. The first-order chi connectivity index (χ1) is 11.2. The smallest absolute Gasteiger partial charge is 0.0768 e. The summed E-state index contributed by atoms with van der Waals surface area (Å²) in [6.45, 7) is 10.1. The zero-order valence-electron chi connectivity index (χ0n) is 17.9. The molecule has 0 aromatic rings. The molecule has 156 valence electrons. The van der Waals surface area contributed by atoms with Crippen LogP contribution in [0, 0.1) is 0 Å². The van der Waals surface area contributed by atoms with Crippen molar-refractivity contribution >= 4 is 0 Å². The number of hydrogen-bond acceptors (Lipinski definition) is 2. The quantitative estimate of drug-likeness (QED) is 0.713. The summed E-state index contributed by atoms with van der Waals surface area (Å²) in [6.07, 6.45) is 18.7. The lowest BCUT2D eigenvalue weighted by Gasteiger charge is -2.17. The van der Waals surface area contributed by atoms with Crippen molar-refractivity contribution in [1.29, 1.82) is 0 Å². The van der Waals surface area contributed by atoms with E-state index in [0.717, 1.165) is 0 Å². The van der Waals surface area contributed by atoms with Crippen LogP contribution >= 0.6 is 0 Å². The van der Waals surface area contributed by atoms with Gasteiger partial charge < -0.3 is 20.8 Å². The summed E-state index contributed by atoms with van der Waals surface area (Å²) in [5, 5.41) is 0. The molecule has 2 heterocycles. The maximum absolute atomic E-state index is 2.28. The molecule has 4 heteroatoms. The Morgan fingerprint density at radius 1 is 0.480 bits per heavy atom. The van der Waals surface area contributed by atoms with Crippen LogP contribution in [-0.2, 0) is 0 Å². The Balaban J connectivity index is -0.000000281. The third kappa shape index (κ3) is 23.8. The predicted octanol–water partition coefficient (Wildman–Crippen LogP) is 2.77. The zero-order chi connectivity index (χ0) is 17.2. The Labute approximate surface area is 159 Å². The average Bonchev–Trinajstić information content (AvgIpc) is 2.57. The van der Waals surface area contributed by atoms with Gasteiger partial charge in [-0.15, -0.1) is 0 Å². The Bertz CT molecular complexity index is 194. The molecule has 0 bridgehead atoms. The molecule has 4 nitrogen and oxygen atoms in total. The van der Waals surface area contributed by atoms with E-state index in [9.17, 15) is 0 Å². The van der Waals surface area contributed by atoms with Crippen molar-refractivity contribution in [3.05, 3.63) is 0 Å². The van der Waals surface area contributed by atoms with Crippen molar-refractivity contribution in [2.24, 2.45) is 0 Å². The number of rotatable bonds is 6. The summed E-state index contributed by atoms with van der Waals surface area (Å²) in [5.74, 6) is 0. The van der Waals surface area contributed by atoms with E-state index < -0.39 is 0 Å². The van der Waals surface area contributed by atoms with Crippen molar-refractivity contribution in [2.45, 2.75) is 97.3 Å². The molecule has 2 saturated heterocycles. The lowest BCUT2D eigenvalue weighted by molar-refractivity contribution is -0.884. The minimum absolute atomic E-state index is 0. The molecule has 2 aliphatic heterocycles. The number of hydrogen-bond donors (Lipinski definition) is 2. The molecule has 0 unspecified atom stereocenters. The number of unbranched alkanes of at least 4 members (excludes halogenated alkanes) is 6. The van der Waals surface area contributed by atoms with Crippen LogP contribution in [0.2, 0.25) is 0 Å². The van der Waals surface area contributed by atoms with Gasteiger partial charge in [0.15, 0.2) is 0 Å². The highest BCUT2D eigenvalue weighted by Crippen LogP contribution is 2.05. The molecule has 2 fully saturated rings. The number of likely N-dealkylation sites (tertiary alicyclic amines) is 2. The molecule has 0 radical (unpaired) electrons. The second-order valence-corrected chi connectivity index (χ2v) is 7.80. The Morgan fingerprint density at radius 3 is 0.960 bits per heavy atom. The first kappa shape index (κ1) is 29.6. The van der Waals surface area contributed by atoms with E-state index in [1.54, 1.807) is 9.80 Å². The average molecular weight is 363 g/mol. The molecule has 4 N–H and O–H groups in total. The fourth-order valence-corrected chi connectivity index (χ4v) is 3.34. The second kappa shape index (κ2) is 23.8. The molecular weight excluding hydrogens is 312 g/mol. The zero-order valence-corrected chi connectivity index (χ0v) is 17.9. The largest absolute Gasteiger partial charge is 0.870 e. The third-order valence-electron chi connectivity index (χ3n) is 5.12. The lowest BCUT2D eigenvalue weighted by Crippen LogP contribution is -3.09. The van der Waals surface area contributed by atoms with Gasteiger partial charge in [0.05, 0.1) is 40.3 Å². The van der Waals surface area contributed by atoms with E-state index in [1.807, 2.05) is 0 Å². The lowest BCUT2D eigenvalue weighted by atomic mass is 10.1. The minimum Gasteiger partial charge on any atom is -0.870 e. The van der Waals surface area contributed by atoms with Crippen LogP contribution in [0.15, 0.2) is 0 Å². The van der Waals surface area contributed by atoms with Crippen LogP contribution in [0.5, 0.6) is 0 Å². The summed E-state index contributed by atoms with van der Waals surface area (Å²) < 4.78 is 0. The summed E-state index contributed by atoms with van der Waals surface area (Å²) in [7, 11) is 4.55. The summed E-state index contributed by atoms with van der Waals surface area (Å²) in [5.41, 5.74) is 0. The van der Waals surface area contributed by atoms with Crippen LogP contribution < -0.4 is 9.80 Å². The summed E-state index contributed by atoms with van der Waals surface area (Å²) in [4.78, 5) is 3.43. The van der Waals surface area contributed by atoms with Crippen LogP contribution in [-0.4, -0.2) is 51.2 Å². The molecule has 0 aliphatic carbocycles. The van der Waals surface area contributed by atoms with Gasteiger partial charge in [-0.05, 0) is 38.5 Å². The van der Waals surface area contributed by atoms with Crippen molar-refractivity contribution in [1.82, 2.24) is 0 Å². The topological polar surface area (TPSA) is 68.9 Å². The molecule has 25 heavy (non-hydrogen) atoms. The van der Waals surface area contributed by atoms with Crippen LogP contribution in [0.3, 0.4) is 0 Å². The van der Waals surface area contributed by atoms with Gasteiger partial charge in [-0.1, -0.05) is 58.8 Å². The Hall–Kier alpha value is -0.160. The monoisotopic (exact) mass is 362 g/mol. The van der Waals surface area contributed by atoms with Crippen molar-refractivity contribution in [3.63, 3.8) is 0 Å². The highest BCUT2D eigenvalue weighted by atomic mass is 16.0. The summed E-state index contributed by atoms with van der Waals surface area (Å²) in [6, 6.07) is 0. The van der Waals surface area contributed by atoms with E-state index in [-0.39, 0.29) is 11.0 Å². The maximum Gasteiger partial charge on any atom is 0.0768 e. The fourth-order valence-electron chi connectivity index (χ4n) is 3.34. The normalized spacial score (nSPS) is 17.8. The first-order valence-corrected chi connectivity index (χ1v) is 10.8. The van der Waals surface area contributed by atoms with Gasteiger partial charge in [0.25, 0.3) is 0 Å². The number of nitrogens with one attached hydrogen (secondary N) is 2. The first-order valence-electron chi connectivity index (χ1n) is 10.8. The van der Waals surface area contributed by atoms with Gasteiger partial charge in [0, 0.05) is 0 Å². The highest BCUT2D eigenvalue weighted by molar-refractivity contribution is 4.43. The van der Waals surface area contributed by atoms with Crippen molar-refractivity contribution < 1.29 is 20.8 Å². The molecule has 2 aliphatic rings. The van der Waals surface area contributed by atoms with Crippen LogP contribution in [0.4, 0.5) is 0 Å². The van der Waals surface area contributed by atoms with Crippen molar-refractivity contribution in [3.8, 4) is 0 Å². The standard InChI is InChI=1S/C9H20.2C6H13N.2H2O/c1-3-5-7-9-8-6-4-2;2*1-7-5-3-2-4-6-7;;/h3-9H2,1-2H3;2*2-6H2,1H3;2*1H2. The molecule has 2 rings (SSSR count). The third-order valence-corrected chi connectivity index (χ3v) is 5.12. The summed E-state index contributed by atoms with van der Waals surface area (Å²) >= 11 is 0. The van der Waals surface area contributed by atoms with Gasteiger partial charge in [-0.3, -0.25) is 0 Å². The molecular formula is C21H50N2O2.